The minimum Gasteiger partial charge on any atom is -0.478 e. The minimum atomic E-state index is -2.05. The summed E-state index contributed by atoms with van der Waals surface area (Å²) in [7, 11) is 0. The van der Waals surface area contributed by atoms with Crippen molar-refractivity contribution < 1.29 is 19.8 Å². The number of para-hydroxylation sites is 1. The van der Waals surface area contributed by atoms with Gasteiger partial charge in [-0.3, -0.25) is 4.79 Å². The molecule has 110 valence electrons. The van der Waals surface area contributed by atoms with Gasteiger partial charge in [0, 0.05) is 22.9 Å². The summed E-state index contributed by atoms with van der Waals surface area (Å²) in [5.74, 6) is -1.90. The van der Waals surface area contributed by atoms with Gasteiger partial charge in [-0.1, -0.05) is 48.5 Å². The van der Waals surface area contributed by atoms with E-state index < -0.39 is 17.5 Å². The van der Waals surface area contributed by atoms with E-state index in [0.717, 1.165) is 6.08 Å². The number of fused-ring (bicyclic) bond motifs is 1. The lowest BCUT2D eigenvalue weighted by Crippen LogP contribution is -2.44. The van der Waals surface area contributed by atoms with E-state index in [4.69, 9.17) is 5.11 Å². The molecule has 5 nitrogen and oxygen atoms in total. The number of benzene rings is 2. The molecule has 0 aliphatic carbocycles. The van der Waals surface area contributed by atoms with E-state index >= 15 is 0 Å². The maximum absolute atomic E-state index is 12.5. The van der Waals surface area contributed by atoms with Gasteiger partial charge in [-0.2, -0.15) is 0 Å². The summed E-state index contributed by atoms with van der Waals surface area (Å²) in [5, 5.41) is 22.8. The number of hydrogen-bond donors (Lipinski definition) is 3. The molecule has 2 aromatic rings. The standard InChI is InChI=1S/C17H13NO4/c19-15(20)10-13-12-8-4-5-9-14(12)18-16(21)17(13,22)11-6-2-1-3-7-11/h1-10,22H,(H,18,21)(H,19,20)/b13-10+. The van der Waals surface area contributed by atoms with E-state index in [1.165, 1.54) is 0 Å². The Labute approximate surface area is 126 Å². The molecule has 22 heavy (non-hydrogen) atoms. The van der Waals surface area contributed by atoms with Gasteiger partial charge in [0.05, 0.1) is 0 Å². The van der Waals surface area contributed by atoms with Crippen molar-refractivity contribution >= 4 is 23.1 Å². The van der Waals surface area contributed by atoms with Crippen LogP contribution in [-0.2, 0) is 15.2 Å². The number of rotatable bonds is 2. The quantitative estimate of drug-likeness (QED) is 0.740. The number of anilines is 1. The van der Waals surface area contributed by atoms with Crippen LogP contribution >= 0.6 is 0 Å². The third-order valence-corrected chi connectivity index (χ3v) is 3.64. The largest absolute Gasteiger partial charge is 0.478 e. The second-order valence-corrected chi connectivity index (χ2v) is 4.97. The summed E-state index contributed by atoms with van der Waals surface area (Å²) in [5.41, 5.74) is -0.731. The summed E-state index contributed by atoms with van der Waals surface area (Å²) >= 11 is 0. The Morgan fingerprint density at radius 2 is 1.68 bits per heavy atom. The van der Waals surface area contributed by atoms with E-state index in [1.54, 1.807) is 54.6 Å². The average molecular weight is 295 g/mol. The normalized spacial score (nSPS) is 22.0. The van der Waals surface area contributed by atoms with E-state index in [1.807, 2.05) is 0 Å². The highest BCUT2D eigenvalue weighted by molar-refractivity contribution is 6.15. The molecule has 5 heteroatoms. The van der Waals surface area contributed by atoms with Gasteiger partial charge in [0.15, 0.2) is 5.60 Å². The first-order chi connectivity index (χ1) is 10.5. The van der Waals surface area contributed by atoms with Crippen LogP contribution in [0.1, 0.15) is 11.1 Å². The molecule has 0 radical (unpaired) electrons. The topological polar surface area (TPSA) is 86.6 Å². The fourth-order valence-electron chi connectivity index (χ4n) is 2.63. The minimum absolute atomic E-state index is 0.0468. The average Bonchev–Trinajstić information content (AvgIpc) is 2.52. The monoisotopic (exact) mass is 295 g/mol. The van der Waals surface area contributed by atoms with Crippen LogP contribution in [0.25, 0.3) is 5.57 Å². The van der Waals surface area contributed by atoms with Gasteiger partial charge in [-0.25, -0.2) is 4.79 Å². The first kappa shape index (κ1) is 14.0. The Hall–Kier alpha value is -2.92. The zero-order valence-corrected chi connectivity index (χ0v) is 11.5. The smallest absolute Gasteiger partial charge is 0.328 e. The zero-order chi connectivity index (χ0) is 15.7. The van der Waals surface area contributed by atoms with Gasteiger partial charge >= 0.3 is 5.97 Å². The maximum Gasteiger partial charge on any atom is 0.328 e. The highest BCUT2D eigenvalue weighted by Gasteiger charge is 2.46. The van der Waals surface area contributed by atoms with E-state index in [0.29, 0.717) is 16.8 Å². The number of carbonyl (C=O) groups is 2. The lowest BCUT2D eigenvalue weighted by Gasteiger charge is -2.35. The molecule has 1 heterocycles. The van der Waals surface area contributed by atoms with Gasteiger partial charge in [-0.05, 0) is 11.6 Å². The van der Waals surface area contributed by atoms with Crippen LogP contribution in [0.3, 0.4) is 0 Å². The molecule has 0 spiro atoms. The molecule has 0 saturated carbocycles. The molecule has 1 amide bonds. The molecular weight excluding hydrogens is 282 g/mol. The third kappa shape index (κ3) is 2.08. The number of carboxylic acids is 1. The van der Waals surface area contributed by atoms with Crippen LogP contribution in [0.15, 0.2) is 60.7 Å². The lowest BCUT2D eigenvalue weighted by atomic mass is 9.78. The predicted octanol–water partition coefficient (Wildman–Crippen LogP) is 1.99. The SMILES string of the molecule is O=C(O)/C=C1\c2ccccc2NC(=O)C1(O)c1ccccc1. The Morgan fingerprint density at radius 1 is 1.05 bits per heavy atom. The molecule has 3 rings (SSSR count). The molecule has 0 saturated heterocycles. The van der Waals surface area contributed by atoms with Crippen molar-refractivity contribution in [2.24, 2.45) is 0 Å². The van der Waals surface area contributed by atoms with Gasteiger partial charge in [0.1, 0.15) is 0 Å². The summed E-state index contributed by atoms with van der Waals surface area (Å²) < 4.78 is 0. The molecule has 2 aromatic carbocycles. The van der Waals surface area contributed by atoms with Crippen molar-refractivity contribution in [2.45, 2.75) is 5.60 Å². The van der Waals surface area contributed by atoms with Crippen LogP contribution in [0.5, 0.6) is 0 Å². The van der Waals surface area contributed by atoms with Crippen molar-refractivity contribution in [3.63, 3.8) is 0 Å². The Morgan fingerprint density at radius 3 is 2.36 bits per heavy atom. The van der Waals surface area contributed by atoms with E-state index in [-0.39, 0.29) is 5.57 Å². The first-order valence-electron chi connectivity index (χ1n) is 6.67. The molecular formula is C17H13NO4. The third-order valence-electron chi connectivity index (χ3n) is 3.64. The molecule has 0 fully saturated rings. The Bertz CT molecular complexity index is 782. The van der Waals surface area contributed by atoms with E-state index in [9.17, 15) is 14.7 Å². The highest BCUT2D eigenvalue weighted by atomic mass is 16.4. The number of hydrogen-bond acceptors (Lipinski definition) is 3. The number of nitrogens with one attached hydrogen (secondary N) is 1. The number of carboxylic acid groups (broad SMARTS) is 1. The number of aliphatic hydroxyl groups is 1. The predicted molar refractivity (Wildman–Crippen MR) is 81.0 cm³/mol. The van der Waals surface area contributed by atoms with Gasteiger partial charge in [0.25, 0.3) is 5.91 Å². The van der Waals surface area contributed by atoms with Gasteiger partial charge in [0.2, 0.25) is 0 Å². The number of carbonyl (C=O) groups excluding carboxylic acids is 1. The van der Waals surface area contributed by atoms with Crippen LogP contribution < -0.4 is 5.32 Å². The zero-order valence-electron chi connectivity index (χ0n) is 11.5. The maximum atomic E-state index is 12.5. The second kappa shape index (κ2) is 5.13. The molecule has 1 aliphatic heterocycles. The summed E-state index contributed by atoms with van der Waals surface area (Å²) in [6.07, 6.45) is 0.880. The van der Waals surface area contributed by atoms with Gasteiger partial charge in [-0.15, -0.1) is 0 Å². The van der Waals surface area contributed by atoms with Crippen LogP contribution in [-0.4, -0.2) is 22.1 Å². The summed E-state index contributed by atoms with van der Waals surface area (Å²) in [6, 6.07) is 15.1. The van der Waals surface area contributed by atoms with Crippen molar-refractivity contribution in [3.8, 4) is 0 Å². The first-order valence-corrected chi connectivity index (χ1v) is 6.67. The fourth-order valence-corrected chi connectivity index (χ4v) is 2.63. The Kier molecular flexibility index (Phi) is 3.27. The summed E-state index contributed by atoms with van der Waals surface area (Å²) in [4.78, 5) is 23.7. The highest BCUT2D eigenvalue weighted by Crippen LogP contribution is 2.43. The summed E-state index contributed by atoms with van der Waals surface area (Å²) in [6.45, 7) is 0. The number of amides is 1. The van der Waals surface area contributed by atoms with E-state index in [2.05, 4.69) is 5.32 Å². The second-order valence-electron chi connectivity index (χ2n) is 4.97. The molecule has 1 atom stereocenters. The van der Waals surface area contributed by atoms with Crippen LogP contribution in [0.2, 0.25) is 0 Å². The molecule has 3 N–H and O–H groups in total. The molecule has 1 unspecified atom stereocenters. The van der Waals surface area contributed by atoms with Crippen molar-refractivity contribution in [2.75, 3.05) is 5.32 Å². The van der Waals surface area contributed by atoms with Crippen LogP contribution in [0.4, 0.5) is 5.69 Å². The van der Waals surface area contributed by atoms with Crippen molar-refractivity contribution in [1.82, 2.24) is 0 Å². The Balaban J connectivity index is 2.29. The molecule has 0 bridgehead atoms. The molecule has 0 aromatic heterocycles. The van der Waals surface area contributed by atoms with Crippen molar-refractivity contribution in [1.29, 1.82) is 0 Å². The van der Waals surface area contributed by atoms with Gasteiger partial charge < -0.3 is 15.5 Å². The van der Waals surface area contributed by atoms with Crippen molar-refractivity contribution in [3.05, 3.63) is 71.8 Å². The number of aliphatic carboxylic acids is 1. The fraction of sp³-hybridized carbons (Fsp3) is 0.0588. The van der Waals surface area contributed by atoms with Crippen LogP contribution in [0, 0.1) is 0 Å². The lowest BCUT2D eigenvalue weighted by molar-refractivity contribution is -0.131. The molecule has 1 aliphatic rings.